The van der Waals surface area contributed by atoms with Crippen molar-refractivity contribution in [2.24, 2.45) is 5.11 Å². The molecule has 0 aliphatic carbocycles. The van der Waals surface area contributed by atoms with Gasteiger partial charge in [0.15, 0.2) is 6.29 Å². The van der Waals surface area contributed by atoms with Gasteiger partial charge in [-0.15, -0.1) is 0 Å². The van der Waals surface area contributed by atoms with Gasteiger partial charge in [0.2, 0.25) is 0 Å². The highest BCUT2D eigenvalue weighted by Gasteiger charge is 2.43. The monoisotopic (exact) mass is 219 g/mol. The third-order valence-corrected chi connectivity index (χ3v) is 2.27. The van der Waals surface area contributed by atoms with Gasteiger partial charge in [-0.3, -0.25) is 0 Å². The summed E-state index contributed by atoms with van der Waals surface area (Å²) in [5.74, 6) is 0. The van der Waals surface area contributed by atoms with E-state index in [1.165, 1.54) is 7.11 Å². The number of aliphatic hydroxyl groups is 3. The van der Waals surface area contributed by atoms with E-state index in [-0.39, 0.29) is 0 Å². The lowest BCUT2D eigenvalue weighted by Gasteiger charge is -2.39. The maximum atomic E-state index is 9.59. The molecule has 1 aliphatic heterocycles. The Morgan fingerprint density at radius 3 is 2.60 bits per heavy atom. The summed E-state index contributed by atoms with van der Waals surface area (Å²) in [6.45, 7) is -0.453. The third-order valence-electron chi connectivity index (χ3n) is 2.27. The molecule has 0 aromatic heterocycles. The predicted octanol–water partition coefficient (Wildman–Crippen LogP) is -1.25. The van der Waals surface area contributed by atoms with E-state index in [0.717, 1.165) is 0 Å². The van der Waals surface area contributed by atoms with Crippen LogP contribution < -0.4 is 0 Å². The molecule has 0 saturated carbocycles. The van der Waals surface area contributed by atoms with E-state index in [0.29, 0.717) is 0 Å². The molecule has 8 heteroatoms. The van der Waals surface area contributed by atoms with E-state index >= 15 is 0 Å². The number of rotatable bonds is 3. The van der Waals surface area contributed by atoms with Crippen molar-refractivity contribution in [3.05, 3.63) is 10.4 Å². The summed E-state index contributed by atoms with van der Waals surface area (Å²) >= 11 is 0. The second kappa shape index (κ2) is 5.26. The van der Waals surface area contributed by atoms with Gasteiger partial charge >= 0.3 is 0 Å². The lowest BCUT2D eigenvalue weighted by molar-refractivity contribution is -0.267. The van der Waals surface area contributed by atoms with Gasteiger partial charge in [-0.1, -0.05) is 5.11 Å². The van der Waals surface area contributed by atoms with Crippen LogP contribution in [0.25, 0.3) is 10.4 Å². The zero-order valence-electron chi connectivity index (χ0n) is 8.09. The lowest BCUT2D eigenvalue weighted by Crippen LogP contribution is -2.58. The van der Waals surface area contributed by atoms with E-state index in [2.05, 4.69) is 10.0 Å². The maximum Gasteiger partial charge on any atom is 0.184 e. The van der Waals surface area contributed by atoms with Gasteiger partial charge in [0.25, 0.3) is 0 Å². The van der Waals surface area contributed by atoms with Crippen LogP contribution >= 0.6 is 0 Å². The van der Waals surface area contributed by atoms with E-state index in [1.54, 1.807) is 0 Å². The van der Waals surface area contributed by atoms with Crippen LogP contribution in [-0.4, -0.2) is 59.7 Å². The Labute approximate surface area is 85.7 Å². The van der Waals surface area contributed by atoms with Crippen molar-refractivity contribution in [3.63, 3.8) is 0 Å². The molecule has 1 rings (SSSR count). The first kappa shape index (κ1) is 12.2. The maximum absolute atomic E-state index is 9.59. The van der Waals surface area contributed by atoms with E-state index in [9.17, 15) is 10.2 Å². The minimum atomic E-state index is -1.26. The van der Waals surface area contributed by atoms with E-state index < -0.39 is 37.3 Å². The second-order valence-electron chi connectivity index (χ2n) is 3.14. The number of methoxy groups -OCH3 is 1. The second-order valence-corrected chi connectivity index (χ2v) is 3.14. The molecule has 1 aliphatic rings. The predicted molar refractivity (Wildman–Crippen MR) is 47.7 cm³/mol. The molecule has 1 saturated heterocycles. The number of aliphatic hydroxyl groups excluding tert-OH is 3. The third kappa shape index (κ3) is 2.37. The molecule has 1 fully saturated rings. The molecular formula is C7H13N3O5. The normalized spacial score (nSPS) is 40.9. The highest BCUT2D eigenvalue weighted by Crippen LogP contribution is 2.23. The average Bonchev–Trinajstić information content (AvgIpc) is 2.25. The van der Waals surface area contributed by atoms with Gasteiger partial charge in [0.1, 0.15) is 12.2 Å². The molecule has 8 nitrogen and oxygen atoms in total. The smallest absolute Gasteiger partial charge is 0.184 e. The van der Waals surface area contributed by atoms with Gasteiger partial charge in [-0.25, -0.2) is 0 Å². The number of hydrogen-bond acceptors (Lipinski definition) is 6. The molecule has 5 atom stereocenters. The Morgan fingerprint density at radius 2 is 2.13 bits per heavy atom. The summed E-state index contributed by atoms with van der Waals surface area (Å²) in [6, 6.07) is -1.09. The van der Waals surface area contributed by atoms with Crippen LogP contribution in [0.15, 0.2) is 5.11 Å². The number of nitrogens with zero attached hydrogens (tertiary/aromatic N) is 3. The van der Waals surface area contributed by atoms with E-state index in [1.807, 2.05) is 0 Å². The van der Waals surface area contributed by atoms with Crippen LogP contribution in [0.3, 0.4) is 0 Å². The molecular weight excluding hydrogens is 206 g/mol. The Balaban J connectivity index is 2.85. The molecule has 0 unspecified atom stereocenters. The number of hydrogen-bond donors (Lipinski definition) is 3. The zero-order valence-corrected chi connectivity index (χ0v) is 8.09. The highest BCUT2D eigenvalue weighted by molar-refractivity contribution is 4.94. The van der Waals surface area contributed by atoms with Crippen molar-refractivity contribution in [1.82, 2.24) is 0 Å². The first-order chi connectivity index (χ1) is 7.15. The zero-order chi connectivity index (χ0) is 11.4. The Bertz CT molecular complexity index is 241. The van der Waals surface area contributed by atoms with Crippen molar-refractivity contribution in [2.45, 2.75) is 30.6 Å². The summed E-state index contributed by atoms with van der Waals surface area (Å²) < 4.78 is 9.81. The lowest BCUT2D eigenvalue weighted by atomic mass is 9.97. The molecule has 0 aromatic carbocycles. The van der Waals surface area contributed by atoms with Crippen LogP contribution in [0.1, 0.15) is 0 Å². The quantitative estimate of drug-likeness (QED) is 0.310. The van der Waals surface area contributed by atoms with Crippen LogP contribution in [-0.2, 0) is 9.47 Å². The van der Waals surface area contributed by atoms with Crippen molar-refractivity contribution in [2.75, 3.05) is 13.7 Å². The van der Waals surface area contributed by atoms with Crippen molar-refractivity contribution in [3.8, 4) is 0 Å². The van der Waals surface area contributed by atoms with Crippen LogP contribution in [0.4, 0.5) is 0 Å². The van der Waals surface area contributed by atoms with Crippen LogP contribution in [0.2, 0.25) is 0 Å². The van der Waals surface area contributed by atoms with Gasteiger partial charge < -0.3 is 24.8 Å². The van der Waals surface area contributed by atoms with Crippen molar-refractivity contribution >= 4 is 0 Å². The standard InChI is InChI=1S/C7H13N3O5/c1-14-7-6(13)4(9-10-8)5(12)3(2-11)15-7/h3-7,11-13H,2H2,1H3/t3-,4+,5-,6+,7+/m1/s1. The largest absolute Gasteiger partial charge is 0.394 e. The summed E-state index contributed by atoms with van der Waals surface area (Å²) in [4.78, 5) is 2.51. The SMILES string of the molecule is CO[C@H]1O[C@H](CO)[C@@H](O)[C@H](N=[N+]=[N-])[C@@H]1O. The van der Waals surface area contributed by atoms with Gasteiger partial charge in [-0.05, 0) is 5.53 Å². The fraction of sp³-hybridized carbons (Fsp3) is 1.00. The summed E-state index contributed by atoms with van der Waals surface area (Å²) in [5.41, 5.74) is 8.26. The van der Waals surface area contributed by atoms with Gasteiger partial charge in [-0.2, -0.15) is 0 Å². The summed E-state index contributed by atoms with van der Waals surface area (Å²) in [6.07, 6.45) is -4.48. The first-order valence-corrected chi connectivity index (χ1v) is 4.35. The topological polar surface area (TPSA) is 128 Å². The van der Waals surface area contributed by atoms with Gasteiger partial charge in [0, 0.05) is 12.0 Å². The Kier molecular flexibility index (Phi) is 4.28. The summed E-state index contributed by atoms with van der Waals surface area (Å²) in [5, 5.41) is 31.3. The Hall–Kier alpha value is -0.890. The number of ether oxygens (including phenoxy) is 2. The average molecular weight is 219 g/mol. The fourth-order valence-electron chi connectivity index (χ4n) is 1.46. The first-order valence-electron chi connectivity index (χ1n) is 4.35. The van der Waals surface area contributed by atoms with Gasteiger partial charge in [0.05, 0.1) is 18.8 Å². The molecule has 0 amide bonds. The van der Waals surface area contributed by atoms with Crippen LogP contribution in [0, 0.1) is 0 Å². The van der Waals surface area contributed by atoms with Crippen molar-refractivity contribution in [1.29, 1.82) is 0 Å². The van der Waals surface area contributed by atoms with E-state index in [4.69, 9.17) is 20.1 Å². The molecule has 1 heterocycles. The fourth-order valence-corrected chi connectivity index (χ4v) is 1.46. The van der Waals surface area contributed by atoms with Crippen LogP contribution in [0.5, 0.6) is 0 Å². The minimum absolute atomic E-state index is 0.453. The molecule has 0 bridgehead atoms. The summed E-state index contributed by atoms with van der Waals surface area (Å²) in [7, 11) is 1.30. The highest BCUT2D eigenvalue weighted by atomic mass is 16.7. The minimum Gasteiger partial charge on any atom is -0.394 e. The molecule has 0 radical (unpaired) electrons. The number of azide groups is 1. The Morgan fingerprint density at radius 1 is 1.47 bits per heavy atom. The molecule has 0 spiro atoms. The molecule has 15 heavy (non-hydrogen) atoms. The molecule has 0 aromatic rings. The molecule has 3 N–H and O–H groups in total. The van der Waals surface area contributed by atoms with Crippen molar-refractivity contribution < 1.29 is 24.8 Å². The molecule has 86 valence electrons.